The van der Waals surface area contributed by atoms with Gasteiger partial charge in [0, 0.05) is 29.3 Å². The van der Waals surface area contributed by atoms with Gasteiger partial charge in [-0.15, -0.1) is 0 Å². The van der Waals surface area contributed by atoms with Gasteiger partial charge in [0.15, 0.2) is 0 Å². The van der Waals surface area contributed by atoms with Gasteiger partial charge in [0.1, 0.15) is 5.03 Å². The minimum atomic E-state index is -0.260. The number of aromatic nitrogens is 3. The zero-order valence-corrected chi connectivity index (χ0v) is 17.0. The van der Waals surface area contributed by atoms with Crippen molar-refractivity contribution in [1.29, 1.82) is 0 Å². The Morgan fingerprint density at radius 3 is 2.83 bits per heavy atom. The van der Waals surface area contributed by atoms with Crippen LogP contribution in [0.15, 0.2) is 58.6 Å². The number of benzene rings is 1. The lowest BCUT2D eigenvalue weighted by Crippen LogP contribution is -2.28. The molecule has 1 amide bonds. The van der Waals surface area contributed by atoms with Crippen LogP contribution in [-0.4, -0.2) is 26.2 Å². The fraction of sp³-hybridized carbons (Fsp3) is 0.273. The molecular weight excluding hydrogens is 384 g/mol. The zero-order valence-electron chi connectivity index (χ0n) is 16.2. The largest absolute Gasteiger partial charge is 0.349 e. The molecule has 1 aliphatic carbocycles. The Bertz CT molecular complexity index is 1100. The first-order valence-corrected chi connectivity index (χ1v) is 10.6. The molecule has 0 aliphatic heterocycles. The van der Waals surface area contributed by atoms with Crippen LogP contribution in [-0.2, 0) is 24.2 Å². The number of carbonyl (C=O) groups is 1. The molecule has 1 N–H and O–H groups in total. The van der Waals surface area contributed by atoms with Crippen molar-refractivity contribution >= 4 is 23.4 Å². The van der Waals surface area contributed by atoms with Crippen molar-refractivity contribution in [1.82, 2.24) is 14.5 Å². The highest BCUT2D eigenvalue weighted by molar-refractivity contribution is 8.00. The minimum Gasteiger partial charge on any atom is -0.325 e. The van der Waals surface area contributed by atoms with Crippen LogP contribution in [0.2, 0.25) is 0 Å². The van der Waals surface area contributed by atoms with E-state index in [1.54, 1.807) is 17.0 Å². The third kappa shape index (κ3) is 4.56. The molecule has 3 aromatic rings. The highest BCUT2D eigenvalue weighted by Gasteiger charge is 2.22. The molecule has 0 unspecified atom stereocenters. The van der Waals surface area contributed by atoms with Crippen LogP contribution in [0.3, 0.4) is 0 Å². The van der Waals surface area contributed by atoms with Crippen molar-refractivity contribution in [2.45, 2.75) is 37.8 Å². The van der Waals surface area contributed by atoms with Gasteiger partial charge in [-0.05, 0) is 61.6 Å². The third-order valence-corrected chi connectivity index (χ3v) is 5.95. The number of hydrogen-bond donors (Lipinski definition) is 1. The first-order valence-electron chi connectivity index (χ1n) is 9.61. The number of aryl methyl sites for hydroxylation is 1. The lowest BCUT2D eigenvalue weighted by atomic mass is 10.2. The second-order valence-electron chi connectivity index (χ2n) is 7.13. The SMILES string of the molecule is Cc1cccc(NC(=O)CSc2nc(=O)n(Cc3ccncc3)c3c2CCC3)c1. The maximum Gasteiger partial charge on any atom is 0.349 e. The van der Waals surface area contributed by atoms with Gasteiger partial charge in [-0.25, -0.2) is 4.79 Å². The summed E-state index contributed by atoms with van der Waals surface area (Å²) in [5.41, 5.74) is 4.78. The molecule has 0 saturated carbocycles. The van der Waals surface area contributed by atoms with E-state index in [0.717, 1.165) is 47.3 Å². The number of fused-ring (bicyclic) bond motifs is 1. The fourth-order valence-corrected chi connectivity index (χ4v) is 4.47. The van der Waals surface area contributed by atoms with E-state index in [0.29, 0.717) is 11.6 Å². The third-order valence-electron chi connectivity index (χ3n) is 4.93. The Hall–Kier alpha value is -2.93. The van der Waals surface area contributed by atoms with Crippen LogP contribution in [0.5, 0.6) is 0 Å². The monoisotopic (exact) mass is 406 g/mol. The summed E-state index contributed by atoms with van der Waals surface area (Å²) >= 11 is 1.34. The number of anilines is 1. The molecule has 0 radical (unpaired) electrons. The smallest absolute Gasteiger partial charge is 0.325 e. The van der Waals surface area contributed by atoms with Gasteiger partial charge in [-0.3, -0.25) is 14.3 Å². The summed E-state index contributed by atoms with van der Waals surface area (Å²) < 4.78 is 1.76. The van der Waals surface area contributed by atoms with E-state index in [4.69, 9.17) is 0 Å². The molecule has 7 heteroatoms. The summed E-state index contributed by atoms with van der Waals surface area (Å²) in [6, 6.07) is 11.5. The summed E-state index contributed by atoms with van der Waals surface area (Å²) in [6.07, 6.45) is 6.21. The molecule has 2 aromatic heterocycles. The van der Waals surface area contributed by atoms with Gasteiger partial charge in [-0.2, -0.15) is 4.98 Å². The van der Waals surface area contributed by atoms with E-state index in [-0.39, 0.29) is 17.3 Å². The number of thioether (sulfide) groups is 1. The van der Waals surface area contributed by atoms with Gasteiger partial charge in [0.05, 0.1) is 12.3 Å². The standard InChI is InChI=1S/C22H22N4O2S/c1-15-4-2-5-17(12-15)24-20(27)14-29-21-18-6-3-7-19(18)26(22(28)25-21)13-16-8-10-23-11-9-16/h2,4-5,8-12H,3,6-7,13-14H2,1H3,(H,24,27). The maximum absolute atomic E-state index is 12.7. The van der Waals surface area contributed by atoms with Crippen molar-refractivity contribution < 1.29 is 4.79 Å². The highest BCUT2D eigenvalue weighted by atomic mass is 32.2. The van der Waals surface area contributed by atoms with Crippen LogP contribution >= 0.6 is 11.8 Å². The molecule has 29 heavy (non-hydrogen) atoms. The van der Waals surface area contributed by atoms with Gasteiger partial charge >= 0.3 is 5.69 Å². The summed E-state index contributed by atoms with van der Waals surface area (Å²) in [6.45, 7) is 2.48. The molecule has 2 heterocycles. The summed E-state index contributed by atoms with van der Waals surface area (Å²) in [5.74, 6) is 0.122. The van der Waals surface area contributed by atoms with Crippen molar-refractivity contribution in [2.24, 2.45) is 0 Å². The number of nitrogens with zero attached hydrogens (tertiary/aromatic N) is 3. The molecule has 1 aromatic carbocycles. The number of carbonyl (C=O) groups excluding carboxylic acids is 1. The average molecular weight is 407 g/mol. The molecule has 0 fully saturated rings. The molecule has 148 valence electrons. The fourth-order valence-electron chi connectivity index (χ4n) is 3.59. The Balaban J connectivity index is 1.50. The van der Waals surface area contributed by atoms with E-state index < -0.39 is 0 Å². The average Bonchev–Trinajstić information content (AvgIpc) is 3.19. The normalized spacial score (nSPS) is 12.6. The minimum absolute atomic E-state index is 0.102. The van der Waals surface area contributed by atoms with Crippen LogP contribution in [0, 0.1) is 6.92 Å². The lowest BCUT2D eigenvalue weighted by Gasteiger charge is -2.14. The Morgan fingerprint density at radius 2 is 2.03 bits per heavy atom. The number of rotatable bonds is 6. The van der Waals surface area contributed by atoms with Crippen LogP contribution in [0.4, 0.5) is 5.69 Å². The molecule has 0 atom stereocenters. The van der Waals surface area contributed by atoms with E-state index >= 15 is 0 Å². The number of hydrogen-bond acceptors (Lipinski definition) is 5. The highest BCUT2D eigenvalue weighted by Crippen LogP contribution is 2.29. The van der Waals surface area contributed by atoms with Crippen molar-refractivity contribution in [3.63, 3.8) is 0 Å². The van der Waals surface area contributed by atoms with E-state index in [1.807, 2.05) is 43.3 Å². The van der Waals surface area contributed by atoms with Gasteiger partial charge in [0.25, 0.3) is 0 Å². The van der Waals surface area contributed by atoms with E-state index in [9.17, 15) is 9.59 Å². The van der Waals surface area contributed by atoms with Crippen molar-refractivity contribution in [3.05, 3.63) is 81.7 Å². The molecular formula is C22H22N4O2S. The molecule has 1 aliphatic rings. The van der Waals surface area contributed by atoms with Gasteiger partial charge < -0.3 is 5.32 Å². The second-order valence-corrected chi connectivity index (χ2v) is 8.09. The van der Waals surface area contributed by atoms with Gasteiger partial charge in [0.2, 0.25) is 5.91 Å². The predicted molar refractivity (Wildman–Crippen MR) is 114 cm³/mol. The quantitative estimate of drug-likeness (QED) is 0.502. The Kier molecular flexibility index (Phi) is 5.76. The van der Waals surface area contributed by atoms with Crippen molar-refractivity contribution in [3.8, 4) is 0 Å². The number of amides is 1. The molecule has 4 rings (SSSR count). The predicted octanol–water partition coefficient (Wildman–Crippen LogP) is 3.21. The lowest BCUT2D eigenvalue weighted by molar-refractivity contribution is -0.113. The summed E-state index contributed by atoms with van der Waals surface area (Å²) in [4.78, 5) is 33.4. The molecule has 0 bridgehead atoms. The Labute approximate surface area is 173 Å². The maximum atomic E-state index is 12.7. The van der Waals surface area contributed by atoms with E-state index in [2.05, 4.69) is 15.3 Å². The Morgan fingerprint density at radius 1 is 1.21 bits per heavy atom. The summed E-state index contributed by atoms with van der Waals surface area (Å²) in [5, 5.41) is 3.59. The van der Waals surface area contributed by atoms with Gasteiger partial charge in [-0.1, -0.05) is 23.9 Å². The van der Waals surface area contributed by atoms with Crippen molar-refractivity contribution in [2.75, 3.05) is 11.1 Å². The van der Waals surface area contributed by atoms with Crippen LogP contribution in [0.1, 0.15) is 28.8 Å². The summed E-state index contributed by atoms with van der Waals surface area (Å²) in [7, 11) is 0. The molecule has 6 nitrogen and oxygen atoms in total. The first kappa shape index (κ1) is 19.4. The second kappa shape index (κ2) is 8.61. The molecule has 0 saturated heterocycles. The first-order chi connectivity index (χ1) is 14.1. The van der Waals surface area contributed by atoms with E-state index in [1.165, 1.54) is 11.8 Å². The number of nitrogens with one attached hydrogen (secondary N) is 1. The zero-order chi connectivity index (χ0) is 20.2. The van der Waals surface area contributed by atoms with Crippen LogP contribution < -0.4 is 11.0 Å². The molecule has 0 spiro atoms. The van der Waals surface area contributed by atoms with Crippen LogP contribution in [0.25, 0.3) is 0 Å². The number of pyridine rings is 1. The topological polar surface area (TPSA) is 76.9 Å².